The van der Waals surface area contributed by atoms with Crippen molar-refractivity contribution in [3.8, 4) is 0 Å². The number of benzene rings is 1. The first-order chi connectivity index (χ1) is 10.7. The molecule has 1 atom stereocenters. The summed E-state index contributed by atoms with van der Waals surface area (Å²) in [6, 6.07) is 7.80. The molecule has 2 aliphatic rings. The summed E-state index contributed by atoms with van der Waals surface area (Å²) in [5, 5.41) is 2.97. The molecule has 0 bridgehead atoms. The molecular formula is C18H22N2O2. The standard InChI is InChI=1S/C18H22N2O2/c21-17(12-14-5-1-2-6-14)19-16-8-3-7-15(11-16)13-20-10-4-9-18(20)22/h1,3,5,7-8,11,14H,2,4,6,9-10,12-13H2,(H,19,21)/t14-/m1/s1. The smallest absolute Gasteiger partial charge is 0.224 e. The maximum atomic E-state index is 12.1. The van der Waals surface area contributed by atoms with E-state index in [0.717, 1.165) is 37.1 Å². The second kappa shape index (κ2) is 6.77. The maximum Gasteiger partial charge on any atom is 0.224 e. The van der Waals surface area contributed by atoms with Crippen LogP contribution in [0.2, 0.25) is 0 Å². The van der Waals surface area contributed by atoms with Gasteiger partial charge in [0.2, 0.25) is 11.8 Å². The molecule has 22 heavy (non-hydrogen) atoms. The largest absolute Gasteiger partial charge is 0.338 e. The number of amides is 2. The Balaban J connectivity index is 1.57. The van der Waals surface area contributed by atoms with E-state index in [-0.39, 0.29) is 11.8 Å². The van der Waals surface area contributed by atoms with Gasteiger partial charge in [0.05, 0.1) is 0 Å². The molecular weight excluding hydrogens is 276 g/mol. The van der Waals surface area contributed by atoms with E-state index in [1.165, 1.54) is 0 Å². The molecule has 0 saturated carbocycles. The van der Waals surface area contributed by atoms with Gasteiger partial charge in [-0.05, 0) is 42.9 Å². The van der Waals surface area contributed by atoms with Crippen LogP contribution in [0, 0.1) is 5.92 Å². The molecule has 1 saturated heterocycles. The van der Waals surface area contributed by atoms with Gasteiger partial charge in [0.15, 0.2) is 0 Å². The highest BCUT2D eigenvalue weighted by Gasteiger charge is 2.20. The highest BCUT2D eigenvalue weighted by atomic mass is 16.2. The molecule has 0 aromatic heterocycles. The fourth-order valence-electron chi connectivity index (χ4n) is 3.15. The van der Waals surface area contributed by atoms with Crippen LogP contribution in [0.1, 0.15) is 37.7 Å². The molecule has 0 radical (unpaired) electrons. The van der Waals surface area contributed by atoms with Crippen molar-refractivity contribution >= 4 is 17.5 Å². The molecule has 0 unspecified atom stereocenters. The van der Waals surface area contributed by atoms with Gasteiger partial charge in [0, 0.05) is 31.6 Å². The second-order valence-corrected chi connectivity index (χ2v) is 6.14. The molecule has 1 aliphatic heterocycles. The number of nitrogens with zero attached hydrogens (tertiary/aromatic N) is 1. The Morgan fingerprint density at radius 2 is 2.27 bits per heavy atom. The predicted octanol–water partition coefficient (Wildman–Crippen LogP) is 3.10. The van der Waals surface area contributed by atoms with Crippen LogP contribution in [0.5, 0.6) is 0 Å². The molecule has 1 fully saturated rings. The van der Waals surface area contributed by atoms with Crippen molar-refractivity contribution < 1.29 is 9.59 Å². The van der Waals surface area contributed by atoms with Gasteiger partial charge in [0.1, 0.15) is 0 Å². The lowest BCUT2D eigenvalue weighted by molar-refractivity contribution is -0.128. The summed E-state index contributed by atoms with van der Waals surface area (Å²) in [5.41, 5.74) is 1.88. The third kappa shape index (κ3) is 3.75. The first-order valence-electron chi connectivity index (χ1n) is 8.04. The van der Waals surface area contributed by atoms with Crippen LogP contribution in [-0.4, -0.2) is 23.3 Å². The number of anilines is 1. The van der Waals surface area contributed by atoms with Crippen molar-refractivity contribution in [3.63, 3.8) is 0 Å². The van der Waals surface area contributed by atoms with Gasteiger partial charge < -0.3 is 10.2 Å². The molecule has 4 nitrogen and oxygen atoms in total. The Bertz CT molecular complexity index is 595. The van der Waals surface area contributed by atoms with Crippen LogP contribution >= 0.6 is 0 Å². The monoisotopic (exact) mass is 298 g/mol. The molecule has 116 valence electrons. The Labute approximate surface area is 131 Å². The van der Waals surface area contributed by atoms with Crippen LogP contribution in [0.3, 0.4) is 0 Å². The van der Waals surface area contributed by atoms with Crippen LogP contribution in [-0.2, 0) is 16.1 Å². The number of carbonyl (C=O) groups excluding carboxylic acids is 2. The summed E-state index contributed by atoms with van der Waals surface area (Å²) in [7, 11) is 0. The second-order valence-electron chi connectivity index (χ2n) is 6.14. The van der Waals surface area contributed by atoms with E-state index in [4.69, 9.17) is 0 Å². The number of nitrogens with one attached hydrogen (secondary N) is 1. The van der Waals surface area contributed by atoms with Crippen molar-refractivity contribution in [2.45, 2.75) is 38.6 Å². The molecule has 1 aromatic carbocycles. The lowest BCUT2D eigenvalue weighted by Crippen LogP contribution is -2.23. The summed E-state index contributed by atoms with van der Waals surface area (Å²) in [5.74, 6) is 0.666. The number of hydrogen-bond acceptors (Lipinski definition) is 2. The third-order valence-electron chi connectivity index (χ3n) is 4.32. The molecule has 1 N–H and O–H groups in total. The van der Waals surface area contributed by atoms with Crippen molar-refractivity contribution in [1.82, 2.24) is 4.90 Å². The van der Waals surface area contributed by atoms with Crippen molar-refractivity contribution in [1.29, 1.82) is 0 Å². The van der Waals surface area contributed by atoms with E-state index >= 15 is 0 Å². The first kappa shape index (κ1) is 14.8. The van der Waals surface area contributed by atoms with Crippen molar-refractivity contribution in [2.75, 3.05) is 11.9 Å². The average Bonchev–Trinajstić information content (AvgIpc) is 3.12. The molecule has 1 aromatic rings. The molecule has 3 rings (SSSR count). The van der Waals surface area contributed by atoms with Crippen LogP contribution in [0.25, 0.3) is 0 Å². The van der Waals surface area contributed by atoms with Gasteiger partial charge in [0.25, 0.3) is 0 Å². The summed E-state index contributed by atoms with van der Waals surface area (Å²) >= 11 is 0. The van der Waals surface area contributed by atoms with Crippen molar-refractivity contribution in [2.24, 2.45) is 5.92 Å². The SMILES string of the molecule is O=C(C[C@@H]1C=CCC1)Nc1cccc(CN2CCCC2=O)c1. The molecule has 2 amide bonds. The van der Waals surface area contributed by atoms with Crippen molar-refractivity contribution in [3.05, 3.63) is 42.0 Å². The highest BCUT2D eigenvalue weighted by molar-refractivity contribution is 5.91. The molecule has 0 spiro atoms. The van der Waals surface area contributed by atoms with E-state index in [0.29, 0.717) is 25.3 Å². The average molecular weight is 298 g/mol. The van der Waals surface area contributed by atoms with Gasteiger partial charge in [-0.3, -0.25) is 9.59 Å². The quantitative estimate of drug-likeness (QED) is 0.849. The normalized spacial score (nSPS) is 20.6. The number of likely N-dealkylation sites (tertiary alicyclic amines) is 1. The Morgan fingerprint density at radius 1 is 1.36 bits per heavy atom. The first-order valence-corrected chi connectivity index (χ1v) is 8.04. The lowest BCUT2D eigenvalue weighted by atomic mass is 10.0. The summed E-state index contributed by atoms with van der Waals surface area (Å²) in [6.07, 6.45) is 8.59. The van der Waals surface area contributed by atoms with E-state index < -0.39 is 0 Å². The van der Waals surface area contributed by atoms with Gasteiger partial charge >= 0.3 is 0 Å². The minimum absolute atomic E-state index is 0.0611. The van der Waals surface area contributed by atoms with Crippen LogP contribution in [0.4, 0.5) is 5.69 Å². The molecule has 1 aliphatic carbocycles. The van der Waals surface area contributed by atoms with E-state index in [2.05, 4.69) is 17.5 Å². The number of allylic oxidation sites excluding steroid dienone is 2. The van der Waals surface area contributed by atoms with Gasteiger partial charge in [-0.25, -0.2) is 0 Å². The Morgan fingerprint density at radius 3 is 3.00 bits per heavy atom. The van der Waals surface area contributed by atoms with Crippen LogP contribution in [0.15, 0.2) is 36.4 Å². The minimum Gasteiger partial charge on any atom is -0.338 e. The third-order valence-corrected chi connectivity index (χ3v) is 4.32. The van der Waals surface area contributed by atoms with E-state index in [9.17, 15) is 9.59 Å². The summed E-state index contributed by atoms with van der Waals surface area (Å²) in [4.78, 5) is 25.6. The fraction of sp³-hybridized carbons (Fsp3) is 0.444. The minimum atomic E-state index is 0.0611. The Kier molecular flexibility index (Phi) is 4.56. The zero-order valence-corrected chi connectivity index (χ0v) is 12.8. The van der Waals surface area contributed by atoms with Gasteiger partial charge in [-0.1, -0.05) is 24.3 Å². The van der Waals surface area contributed by atoms with E-state index in [1.54, 1.807) is 0 Å². The summed E-state index contributed by atoms with van der Waals surface area (Å²) in [6.45, 7) is 1.47. The number of carbonyl (C=O) groups is 2. The summed E-state index contributed by atoms with van der Waals surface area (Å²) < 4.78 is 0. The van der Waals surface area contributed by atoms with E-state index in [1.807, 2.05) is 29.2 Å². The lowest BCUT2D eigenvalue weighted by Gasteiger charge is -2.16. The highest BCUT2D eigenvalue weighted by Crippen LogP contribution is 2.22. The fourth-order valence-corrected chi connectivity index (χ4v) is 3.15. The number of rotatable bonds is 5. The topological polar surface area (TPSA) is 49.4 Å². The van der Waals surface area contributed by atoms with Gasteiger partial charge in [-0.2, -0.15) is 0 Å². The Hall–Kier alpha value is -2.10. The maximum absolute atomic E-state index is 12.1. The van der Waals surface area contributed by atoms with Crippen LogP contribution < -0.4 is 5.32 Å². The molecule has 4 heteroatoms. The van der Waals surface area contributed by atoms with Gasteiger partial charge in [-0.15, -0.1) is 0 Å². The zero-order chi connectivity index (χ0) is 15.4. The molecule has 1 heterocycles. The predicted molar refractivity (Wildman–Crippen MR) is 86.2 cm³/mol. The zero-order valence-electron chi connectivity index (χ0n) is 12.8. The number of hydrogen-bond donors (Lipinski definition) is 1.